The van der Waals surface area contributed by atoms with Crippen LogP contribution in [0, 0.1) is 5.82 Å². The number of piperidine rings is 1. The van der Waals surface area contributed by atoms with E-state index in [4.69, 9.17) is 0 Å². The SMILES string of the molecule is O=C(NC(Cc1c[nH]c2ccccc12)C(=O)N1CCCCC1)c1ccccc1F. The van der Waals surface area contributed by atoms with Crippen molar-refractivity contribution in [2.45, 2.75) is 31.7 Å². The molecule has 1 unspecified atom stereocenters. The average Bonchev–Trinajstić information content (AvgIpc) is 3.16. The molecule has 0 saturated carbocycles. The number of hydrogen-bond donors (Lipinski definition) is 2. The van der Waals surface area contributed by atoms with Crippen LogP contribution >= 0.6 is 0 Å². The Bertz CT molecular complexity index is 1020. The fourth-order valence-electron chi connectivity index (χ4n) is 3.94. The Morgan fingerprint density at radius 3 is 2.55 bits per heavy atom. The number of rotatable bonds is 5. The molecule has 2 N–H and O–H groups in total. The predicted octanol–water partition coefficient (Wildman–Crippen LogP) is 3.66. The monoisotopic (exact) mass is 393 g/mol. The second-order valence-corrected chi connectivity index (χ2v) is 7.46. The van der Waals surface area contributed by atoms with Crippen molar-refractivity contribution in [1.82, 2.24) is 15.2 Å². The summed E-state index contributed by atoms with van der Waals surface area (Å²) >= 11 is 0. The van der Waals surface area contributed by atoms with Crippen molar-refractivity contribution in [2.75, 3.05) is 13.1 Å². The van der Waals surface area contributed by atoms with E-state index in [0.29, 0.717) is 19.5 Å². The van der Waals surface area contributed by atoms with E-state index < -0.39 is 17.8 Å². The van der Waals surface area contributed by atoms with Crippen molar-refractivity contribution in [3.8, 4) is 0 Å². The van der Waals surface area contributed by atoms with Crippen molar-refractivity contribution in [3.63, 3.8) is 0 Å². The van der Waals surface area contributed by atoms with Crippen molar-refractivity contribution in [3.05, 3.63) is 71.7 Å². The van der Waals surface area contributed by atoms with Gasteiger partial charge in [0.05, 0.1) is 5.56 Å². The zero-order valence-corrected chi connectivity index (χ0v) is 16.2. The number of benzene rings is 2. The summed E-state index contributed by atoms with van der Waals surface area (Å²) in [5, 5.41) is 3.81. The molecule has 3 aromatic rings. The predicted molar refractivity (Wildman–Crippen MR) is 110 cm³/mol. The molecule has 1 aliphatic rings. The maximum absolute atomic E-state index is 14.1. The highest BCUT2D eigenvalue weighted by molar-refractivity contribution is 5.98. The molecular weight excluding hydrogens is 369 g/mol. The Morgan fingerprint density at radius 2 is 1.76 bits per heavy atom. The lowest BCUT2D eigenvalue weighted by molar-refractivity contribution is -0.134. The van der Waals surface area contributed by atoms with E-state index in [1.54, 1.807) is 6.07 Å². The number of aromatic amines is 1. The molecule has 29 heavy (non-hydrogen) atoms. The number of carbonyl (C=O) groups is 2. The van der Waals surface area contributed by atoms with Gasteiger partial charge in [0.25, 0.3) is 5.91 Å². The molecule has 1 atom stereocenters. The minimum atomic E-state index is -0.751. The van der Waals surface area contributed by atoms with Gasteiger partial charge < -0.3 is 15.2 Å². The molecule has 5 nitrogen and oxygen atoms in total. The Hall–Kier alpha value is -3.15. The highest BCUT2D eigenvalue weighted by Crippen LogP contribution is 2.21. The van der Waals surface area contributed by atoms with Gasteiger partial charge in [-0.05, 0) is 43.0 Å². The highest BCUT2D eigenvalue weighted by Gasteiger charge is 2.29. The van der Waals surface area contributed by atoms with Crippen LogP contribution in [0.15, 0.2) is 54.7 Å². The van der Waals surface area contributed by atoms with Crippen molar-refractivity contribution < 1.29 is 14.0 Å². The maximum Gasteiger partial charge on any atom is 0.254 e. The molecular formula is C23H24FN3O2. The van der Waals surface area contributed by atoms with Gasteiger partial charge in [0.1, 0.15) is 11.9 Å². The molecule has 6 heteroatoms. The van der Waals surface area contributed by atoms with Crippen LogP contribution in [0.25, 0.3) is 10.9 Å². The quantitative estimate of drug-likeness (QED) is 0.695. The third-order valence-corrected chi connectivity index (χ3v) is 5.49. The number of amides is 2. The molecule has 0 spiro atoms. The lowest BCUT2D eigenvalue weighted by atomic mass is 10.0. The summed E-state index contributed by atoms with van der Waals surface area (Å²) in [6.45, 7) is 1.39. The molecule has 1 aromatic heterocycles. The average molecular weight is 393 g/mol. The van der Waals surface area contributed by atoms with Crippen molar-refractivity contribution >= 4 is 22.7 Å². The van der Waals surface area contributed by atoms with Crippen molar-refractivity contribution in [2.24, 2.45) is 0 Å². The number of hydrogen-bond acceptors (Lipinski definition) is 2. The van der Waals surface area contributed by atoms with E-state index in [-0.39, 0.29) is 11.5 Å². The Kier molecular flexibility index (Phi) is 5.60. The fraction of sp³-hybridized carbons (Fsp3) is 0.304. The summed E-state index contributed by atoms with van der Waals surface area (Å²) in [6.07, 6.45) is 5.26. The molecule has 2 heterocycles. The third kappa shape index (κ3) is 4.16. The number of fused-ring (bicyclic) bond motifs is 1. The molecule has 0 radical (unpaired) electrons. The zero-order chi connectivity index (χ0) is 20.2. The van der Waals surface area contributed by atoms with Gasteiger partial charge in [-0.1, -0.05) is 30.3 Å². The minimum Gasteiger partial charge on any atom is -0.361 e. The lowest BCUT2D eigenvalue weighted by Crippen LogP contribution is -2.51. The van der Waals surface area contributed by atoms with Gasteiger partial charge in [0.2, 0.25) is 5.91 Å². The van der Waals surface area contributed by atoms with E-state index in [2.05, 4.69) is 10.3 Å². The van der Waals surface area contributed by atoms with E-state index in [9.17, 15) is 14.0 Å². The number of carbonyl (C=O) groups excluding carboxylic acids is 2. The van der Waals surface area contributed by atoms with Crippen LogP contribution in [-0.2, 0) is 11.2 Å². The summed E-state index contributed by atoms with van der Waals surface area (Å²) in [5.41, 5.74) is 1.87. The Labute approximate surface area is 168 Å². The summed E-state index contributed by atoms with van der Waals surface area (Å²) in [4.78, 5) is 31.0. The van der Waals surface area contributed by atoms with Crippen LogP contribution in [0.1, 0.15) is 35.2 Å². The Balaban J connectivity index is 1.60. The number of halogens is 1. The summed E-state index contributed by atoms with van der Waals surface area (Å²) in [5.74, 6) is -1.28. The molecule has 2 amide bonds. The molecule has 0 aliphatic carbocycles. The molecule has 2 aromatic carbocycles. The van der Waals surface area contributed by atoms with Crippen molar-refractivity contribution in [1.29, 1.82) is 0 Å². The maximum atomic E-state index is 14.1. The van der Waals surface area contributed by atoms with E-state index in [0.717, 1.165) is 35.7 Å². The standard InChI is InChI=1S/C23H24FN3O2/c24-19-10-4-2-9-18(19)22(28)26-21(23(29)27-12-6-1-7-13-27)14-16-15-25-20-11-5-3-8-17(16)20/h2-5,8-11,15,21,25H,1,6-7,12-14H2,(H,26,28). The Morgan fingerprint density at radius 1 is 1.03 bits per heavy atom. The first-order chi connectivity index (χ1) is 14.1. The summed E-state index contributed by atoms with van der Waals surface area (Å²) < 4.78 is 14.1. The fourth-order valence-corrected chi connectivity index (χ4v) is 3.94. The summed E-state index contributed by atoms with van der Waals surface area (Å²) in [6, 6.07) is 12.9. The molecule has 1 fully saturated rings. The smallest absolute Gasteiger partial charge is 0.254 e. The third-order valence-electron chi connectivity index (χ3n) is 5.49. The van der Waals surface area contributed by atoms with E-state index >= 15 is 0 Å². The molecule has 1 saturated heterocycles. The van der Waals surface area contributed by atoms with Gasteiger partial charge in [-0.3, -0.25) is 9.59 Å². The van der Waals surface area contributed by atoms with Crippen LogP contribution in [0.4, 0.5) is 4.39 Å². The van der Waals surface area contributed by atoms with Crippen LogP contribution in [0.2, 0.25) is 0 Å². The first kappa shape index (κ1) is 19.2. The molecule has 4 rings (SSSR count). The van der Waals surface area contributed by atoms with Crippen LogP contribution in [-0.4, -0.2) is 40.8 Å². The number of nitrogens with one attached hydrogen (secondary N) is 2. The first-order valence-corrected chi connectivity index (χ1v) is 10.0. The van der Waals surface area contributed by atoms with Gasteiger partial charge in [0.15, 0.2) is 0 Å². The molecule has 1 aliphatic heterocycles. The van der Waals surface area contributed by atoms with Gasteiger partial charge in [-0.15, -0.1) is 0 Å². The zero-order valence-electron chi connectivity index (χ0n) is 16.2. The number of para-hydroxylation sites is 1. The van der Waals surface area contributed by atoms with Crippen LogP contribution in [0.5, 0.6) is 0 Å². The van der Waals surface area contributed by atoms with E-state index in [1.165, 1.54) is 18.2 Å². The van der Waals surface area contributed by atoms with Gasteiger partial charge in [0, 0.05) is 36.6 Å². The number of likely N-dealkylation sites (tertiary alicyclic amines) is 1. The first-order valence-electron chi connectivity index (χ1n) is 10.0. The molecule has 150 valence electrons. The van der Waals surface area contributed by atoms with Crippen LogP contribution < -0.4 is 5.32 Å². The number of H-pyrrole nitrogens is 1. The van der Waals surface area contributed by atoms with Gasteiger partial charge in [-0.2, -0.15) is 0 Å². The second kappa shape index (κ2) is 8.47. The van der Waals surface area contributed by atoms with Crippen LogP contribution in [0.3, 0.4) is 0 Å². The van der Waals surface area contributed by atoms with Gasteiger partial charge >= 0.3 is 0 Å². The van der Waals surface area contributed by atoms with Gasteiger partial charge in [-0.25, -0.2) is 4.39 Å². The normalized spacial score (nSPS) is 15.3. The lowest BCUT2D eigenvalue weighted by Gasteiger charge is -2.30. The highest BCUT2D eigenvalue weighted by atomic mass is 19.1. The minimum absolute atomic E-state index is 0.0529. The largest absolute Gasteiger partial charge is 0.361 e. The summed E-state index contributed by atoms with van der Waals surface area (Å²) in [7, 11) is 0. The van der Waals surface area contributed by atoms with E-state index in [1.807, 2.05) is 35.4 Å². The number of aromatic nitrogens is 1. The molecule has 0 bridgehead atoms. The second-order valence-electron chi connectivity index (χ2n) is 7.46. The topological polar surface area (TPSA) is 65.2 Å². The number of nitrogens with zero attached hydrogens (tertiary/aromatic N) is 1.